The van der Waals surface area contributed by atoms with Gasteiger partial charge in [-0.15, -0.1) is 0 Å². The zero-order chi connectivity index (χ0) is 12.3. The van der Waals surface area contributed by atoms with E-state index >= 15 is 0 Å². The molecule has 88 valence electrons. The van der Waals surface area contributed by atoms with Crippen LogP contribution in [0.3, 0.4) is 0 Å². The molecule has 5 heteroatoms. The molecule has 0 amide bonds. The summed E-state index contributed by atoms with van der Waals surface area (Å²) in [5.41, 5.74) is 0.878. The molecule has 0 saturated carbocycles. The average molecular weight is 233 g/mol. The van der Waals surface area contributed by atoms with E-state index in [9.17, 15) is 9.59 Å². The van der Waals surface area contributed by atoms with E-state index in [2.05, 4.69) is 9.72 Å². The Morgan fingerprint density at radius 3 is 2.82 bits per heavy atom. The number of ether oxygens (including phenoxy) is 2. The topological polar surface area (TPSA) is 68.4 Å². The maximum Gasteiger partial charge on any atom is 0.349 e. The fourth-order valence-corrected chi connectivity index (χ4v) is 1.44. The Hall–Kier alpha value is -2.30. The molecule has 0 aliphatic heterocycles. The summed E-state index contributed by atoms with van der Waals surface area (Å²) in [4.78, 5) is 24.8. The van der Waals surface area contributed by atoms with Gasteiger partial charge in [0.2, 0.25) is 0 Å². The lowest BCUT2D eigenvalue weighted by molar-refractivity contribution is -0.151. The summed E-state index contributed by atoms with van der Waals surface area (Å²) in [6.07, 6.45) is 1.59. The predicted molar refractivity (Wildman–Crippen MR) is 60.6 cm³/mol. The Morgan fingerprint density at radius 2 is 2.06 bits per heavy atom. The number of benzene rings is 1. The number of aromatic amines is 1. The molecule has 0 atom stereocenters. The SMILES string of the molecule is CC(=O)OCC(=O)Oc1c[nH]c2ccccc12. The minimum absolute atomic E-state index is 0.380. The summed E-state index contributed by atoms with van der Waals surface area (Å²) in [6, 6.07) is 7.43. The van der Waals surface area contributed by atoms with Gasteiger partial charge in [-0.25, -0.2) is 4.79 Å². The first-order valence-corrected chi connectivity index (χ1v) is 5.07. The largest absolute Gasteiger partial charge is 0.454 e. The van der Waals surface area contributed by atoms with E-state index in [1.807, 2.05) is 24.3 Å². The standard InChI is InChI=1S/C12H11NO4/c1-8(14)16-7-12(15)17-11-6-13-10-5-3-2-4-9(10)11/h2-6,13H,7H2,1H3. The molecule has 1 aromatic carbocycles. The molecule has 17 heavy (non-hydrogen) atoms. The van der Waals surface area contributed by atoms with Crippen molar-refractivity contribution in [3.8, 4) is 5.75 Å². The highest BCUT2D eigenvalue weighted by Crippen LogP contribution is 2.24. The summed E-state index contributed by atoms with van der Waals surface area (Å²) < 4.78 is 9.61. The van der Waals surface area contributed by atoms with E-state index in [-0.39, 0.29) is 6.61 Å². The molecule has 2 aromatic rings. The number of rotatable bonds is 3. The number of carbonyl (C=O) groups excluding carboxylic acids is 2. The first-order valence-electron chi connectivity index (χ1n) is 5.07. The summed E-state index contributed by atoms with van der Waals surface area (Å²) in [6.45, 7) is 0.855. The van der Waals surface area contributed by atoms with Gasteiger partial charge in [0.15, 0.2) is 12.4 Å². The second kappa shape index (κ2) is 4.69. The van der Waals surface area contributed by atoms with Crippen molar-refractivity contribution in [3.63, 3.8) is 0 Å². The zero-order valence-electron chi connectivity index (χ0n) is 9.23. The van der Waals surface area contributed by atoms with Crippen molar-refractivity contribution >= 4 is 22.8 Å². The van der Waals surface area contributed by atoms with Crippen molar-refractivity contribution < 1.29 is 19.1 Å². The molecule has 0 saturated heterocycles. The smallest absolute Gasteiger partial charge is 0.349 e. The van der Waals surface area contributed by atoms with Crippen molar-refractivity contribution in [2.24, 2.45) is 0 Å². The lowest BCUT2D eigenvalue weighted by Gasteiger charge is -2.02. The molecule has 1 heterocycles. The van der Waals surface area contributed by atoms with Crippen LogP contribution in [0, 0.1) is 0 Å². The summed E-state index contributed by atoms with van der Waals surface area (Å²) in [7, 11) is 0. The van der Waals surface area contributed by atoms with Gasteiger partial charge in [0, 0.05) is 24.0 Å². The molecule has 1 aromatic heterocycles. The fraction of sp³-hybridized carbons (Fsp3) is 0.167. The lowest BCUT2D eigenvalue weighted by atomic mass is 10.2. The lowest BCUT2D eigenvalue weighted by Crippen LogP contribution is -2.17. The van der Waals surface area contributed by atoms with Crippen LogP contribution in [0.2, 0.25) is 0 Å². The minimum Gasteiger partial charge on any atom is -0.454 e. The molecule has 0 unspecified atom stereocenters. The van der Waals surface area contributed by atoms with Crippen LogP contribution >= 0.6 is 0 Å². The number of carbonyl (C=O) groups is 2. The van der Waals surface area contributed by atoms with Crippen molar-refractivity contribution in [3.05, 3.63) is 30.5 Å². The molecular weight excluding hydrogens is 222 g/mol. The van der Waals surface area contributed by atoms with Gasteiger partial charge in [0.05, 0.1) is 0 Å². The van der Waals surface area contributed by atoms with Gasteiger partial charge in [0.1, 0.15) is 0 Å². The van der Waals surface area contributed by atoms with Gasteiger partial charge in [-0.3, -0.25) is 4.79 Å². The Kier molecular flexibility index (Phi) is 3.09. The van der Waals surface area contributed by atoms with Crippen LogP contribution in [0.4, 0.5) is 0 Å². The first-order chi connectivity index (χ1) is 8.16. The molecule has 0 spiro atoms. The highest BCUT2D eigenvalue weighted by molar-refractivity contribution is 5.89. The normalized spacial score (nSPS) is 10.2. The van der Waals surface area contributed by atoms with Gasteiger partial charge in [-0.2, -0.15) is 0 Å². The van der Waals surface area contributed by atoms with Crippen LogP contribution in [0.1, 0.15) is 6.92 Å². The number of aromatic nitrogens is 1. The Morgan fingerprint density at radius 1 is 1.29 bits per heavy atom. The molecule has 0 fully saturated rings. The quantitative estimate of drug-likeness (QED) is 0.818. The van der Waals surface area contributed by atoms with Gasteiger partial charge in [-0.05, 0) is 12.1 Å². The van der Waals surface area contributed by atoms with E-state index in [0.717, 1.165) is 10.9 Å². The van der Waals surface area contributed by atoms with Crippen LogP contribution in [0.25, 0.3) is 10.9 Å². The van der Waals surface area contributed by atoms with Gasteiger partial charge in [-0.1, -0.05) is 12.1 Å². The summed E-state index contributed by atoms with van der Waals surface area (Å²) in [5, 5.41) is 0.809. The van der Waals surface area contributed by atoms with Crippen LogP contribution < -0.4 is 4.74 Å². The number of hydrogen-bond donors (Lipinski definition) is 1. The second-order valence-electron chi connectivity index (χ2n) is 3.45. The third-order valence-corrected chi connectivity index (χ3v) is 2.17. The average Bonchev–Trinajstić information content (AvgIpc) is 2.70. The van der Waals surface area contributed by atoms with Crippen LogP contribution in [-0.4, -0.2) is 23.5 Å². The van der Waals surface area contributed by atoms with Gasteiger partial charge in [0.25, 0.3) is 0 Å². The van der Waals surface area contributed by atoms with E-state index < -0.39 is 11.9 Å². The Labute approximate surface area is 97.3 Å². The van der Waals surface area contributed by atoms with Crippen molar-refractivity contribution in [1.29, 1.82) is 0 Å². The Balaban J connectivity index is 2.08. The molecule has 5 nitrogen and oxygen atoms in total. The summed E-state index contributed by atoms with van der Waals surface area (Å²) >= 11 is 0. The number of H-pyrrole nitrogens is 1. The predicted octanol–water partition coefficient (Wildman–Crippen LogP) is 1.64. The number of nitrogens with one attached hydrogen (secondary N) is 1. The van der Waals surface area contributed by atoms with Crippen LogP contribution in [0.5, 0.6) is 5.75 Å². The number of para-hydroxylation sites is 1. The molecule has 0 aliphatic carbocycles. The Bertz CT molecular complexity index is 558. The monoisotopic (exact) mass is 233 g/mol. The van der Waals surface area contributed by atoms with E-state index in [4.69, 9.17) is 4.74 Å². The van der Waals surface area contributed by atoms with E-state index in [0.29, 0.717) is 5.75 Å². The van der Waals surface area contributed by atoms with Gasteiger partial charge >= 0.3 is 11.9 Å². The number of fused-ring (bicyclic) bond motifs is 1. The maximum atomic E-state index is 11.3. The third kappa shape index (κ3) is 2.63. The molecule has 1 N–H and O–H groups in total. The van der Waals surface area contributed by atoms with Crippen molar-refractivity contribution in [2.45, 2.75) is 6.92 Å². The minimum atomic E-state index is -0.607. The number of esters is 2. The molecule has 0 aliphatic rings. The van der Waals surface area contributed by atoms with Gasteiger partial charge < -0.3 is 14.5 Å². The molecule has 0 radical (unpaired) electrons. The second-order valence-corrected chi connectivity index (χ2v) is 3.45. The van der Waals surface area contributed by atoms with E-state index in [1.165, 1.54) is 6.92 Å². The summed E-state index contributed by atoms with van der Waals surface area (Å²) in [5.74, 6) is -0.691. The van der Waals surface area contributed by atoms with E-state index in [1.54, 1.807) is 6.20 Å². The molecule has 2 rings (SSSR count). The molecular formula is C12H11NO4. The highest BCUT2D eigenvalue weighted by atomic mass is 16.6. The van der Waals surface area contributed by atoms with Crippen LogP contribution in [0.15, 0.2) is 30.5 Å². The van der Waals surface area contributed by atoms with Crippen LogP contribution in [-0.2, 0) is 14.3 Å². The van der Waals surface area contributed by atoms with Crippen molar-refractivity contribution in [1.82, 2.24) is 4.98 Å². The molecule has 0 bridgehead atoms. The van der Waals surface area contributed by atoms with Crippen molar-refractivity contribution in [2.75, 3.05) is 6.61 Å². The third-order valence-electron chi connectivity index (χ3n) is 2.17. The first kappa shape index (κ1) is 11.2. The maximum absolute atomic E-state index is 11.3. The number of hydrogen-bond acceptors (Lipinski definition) is 4. The highest BCUT2D eigenvalue weighted by Gasteiger charge is 2.10. The fourth-order valence-electron chi connectivity index (χ4n) is 1.44. The zero-order valence-corrected chi connectivity index (χ0v) is 9.23.